The molecule has 1 unspecified atom stereocenters. The smallest absolute Gasteiger partial charge is 0.246 e. The fourth-order valence-corrected chi connectivity index (χ4v) is 5.44. The lowest BCUT2D eigenvalue weighted by Gasteiger charge is -2.38. The maximum absolute atomic E-state index is 12.2. The largest absolute Gasteiger partial charge is 0.493 e. The van der Waals surface area contributed by atoms with Gasteiger partial charge in [0.15, 0.2) is 0 Å². The lowest BCUT2D eigenvalue weighted by atomic mass is 10.0. The number of ether oxygens (including phenoxy) is 2. The van der Waals surface area contributed by atoms with Gasteiger partial charge in [0, 0.05) is 62.4 Å². The first-order chi connectivity index (χ1) is 21.0. The Morgan fingerprint density at radius 1 is 1.16 bits per heavy atom. The SMILES string of the molecule is C=CC(=O)N1CCCC(N(C)CCN(C)c2cc3cc(c2)Nc2nccc(n2)-c2cccc(c2)OCC/C=C/COC3)C1. The zero-order chi connectivity index (χ0) is 30.0. The molecule has 2 aliphatic rings. The third-order valence-electron chi connectivity index (χ3n) is 7.96. The minimum absolute atomic E-state index is 0.0186. The van der Waals surface area contributed by atoms with Crippen molar-refractivity contribution < 1.29 is 14.3 Å². The van der Waals surface area contributed by atoms with E-state index in [1.54, 1.807) is 6.20 Å². The third kappa shape index (κ3) is 8.43. The van der Waals surface area contributed by atoms with Crippen molar-refractivity contribution in [3.8, 4) is 17.0 Å². The van der Waals surface area contributed by atoms with Crippen LogP contribution in [0.3, 0.4) is 0 Å². The first kappa shape index (κ1) is 30.3. The van der Waals surface area contributed by atoms with Crippen molar-refractivity contribution in [3.63, 3.8) is 0 Å². The van der Waals surface area contributed by atoms with Crippen LogP contribution in [0.2, 0.25) is 0 Å². The molecule has 0 aliphatic carbocycles. The fraction of sp³-hybridized carbons (Fsp3) is 0.382. The van der Waals surface area contributed by atoms with Crippen LogP contribution in [0.1, 0.15) is 24.8 Å². The Hall–Kier alpha value is -4.21. The molecule has 1 saturated heterocycles. The first-order valence-corrected chi connectivity index (χ1v) is 15.0. The Kier molecular flexibility index (Phi) is 10.4. The number of rotatable bonds is 6. The molecule has 1 fully saturated rings. The summed E-state index contributed by atoms with van der Waals surface area (Å²) < 4.78 is 11.9. The normalized spacial score (nSPS) is 18.0. The summed E-state index contributed by atoms with van der Waals surface area (Å²) in [5.41, 5.74) is 4.83. The first-order valence-electron chi connectivity index (χ1n) is 15.0. The lowest BCUT2D eigenvalue weighted by Crippen LogP contribution is -2.49. The number of nitrogens with one attached hydrogen (secondary N) is 1. The Labute approximate surface area is 254 Å². The van der Waals surface area contributed by atoms with E-state index in [-0.39, 0.29) is 5.91 Å². The molecule has 9 heteroatoms. The van der Waals surface area contributed by atoms with E-state index in [0.29, 0.717) is 31.8 Å². The van der Waals surface area contributed by atoms with Crippen molar-refractivity contribution in [1.29, 1.82) is 0 Å². The molecule has 226 valence electrons. The fourth-order valence-electron chi connectivity index (χ4n) is 5.44. The molecule has 1 amide bonds. The average molecular weight is 583 g/mol. The quantitative estimate of drug-likeness (QED) is 0.310. The van der Waals surface area contributed by atoms with Gasteiger partial charge in [-0.05, 0) is 74.3 Å². The van der Waals surface area contributed by atoms with Gasteiger partial charge in [-0.2, -0.15) is 0 Å². The molecule has 1 atom stereocenters. The Bertz CT molecular complexity index is 1430. The number of carbonyl (C=O) groups excluding carboxylic acids is 1. The molecule has 3 heterocycles. The number of hydrogen-bond acceptors (Lipinski definition) is 8. The number of likely N-dealkylation sites (N-methyl/N-ethyl adjacent to an activating group) is 2. The van der Waals surface area contributed by atoms with Gasteiger partial charge in [0.2, 0.25) is 11.9 Å². The van der Waals surface area contributed by atoms with Crippen LogP contribution in [0.25, 0.3) is 11.3 Å². The average Bonchev–Trinajstić information content (AvgIpc) is 3.04. The van der Waals surface area contributed by atoms with Crippen LogP contribution in [-0.2, 0) is 16.1 Å². The van der Waals surface area contributed by atoms with E-state index in [1.165, 1.54) is 6.08 Å². The second-order valence-electron chi connectivity index (χ2n) is 11.1. The van der Waals surface area contributed by atoms with Gasteiger partial charge >= 0.3 is 0 Å². The molecular formula is C34H42N6O3. The van der Waals surface area contributed by atoms with Crippen molar-refractivity contribution in [3.05, 3.63) is 85.1 Å². The highest BCUT2D eigenvalue weighted by Gasteiger charge is 2.25. The van der Waals surface area contributed by atoms with Crippen molar-refractivity contribution in [2.45, 2.75) is 31.9 Å². The number of aromatic nitrogens is 2. The number of amides is 1. The van der Waals surface area contributed by atoms with Crippen LogP contribution < -0.4 is 15.0 Å². The van der Waals surface area contributed by atoms with Crippen molar-refractivity contribution in [1.82, 2.24) is 19.8 Å². The predicted octanol–water partition coefficient (Wildman–Crippen LogP) is 5.29. The molecule has 43 heavy (non-hydrogen) atoms. The second kappa shape index (κ2) is 14.8. The van der Waals surface area contributed by atoms with Crippen LogP contribution in [-0.4, -0.2) is 85.2 Å². The zero-order valence-electron chi connectivity index (χ0n) is 25.2. The van der Waals surface area contributed by atoms with E-state index in [4.69, 9.17) is 14.5 Å². The molecule has 1 aromatic heterocycles. The van der Waals surface area contributed by atoms with Crippen LogP contribution in [0.15, 0.2) is 79.5 Å². The Morgan fingerprint density at radius 3 is 2.95 bits per heavy atom. The monoisotopic (exact) mass is 582 g/mol. The Morgan fingerprint density at radius 2 is 2.07 bits per heavy atom. The van der Waals surface area contributed by atoms with Crippen molar-refractivity contribution in [2.75, 3.05) is 63.7 Å². The lowest BCUT2D eigenvalue weighted by molar-refractivity contribution is -0.128. The Balaban J connectivity index is 1.33. The maximum atomic E-state index is 12.2. The van der Waals surface area contributed by atoms with Gasteiger partial charge in [0.1, 0.15) is 5.75 Å². The van der Waals surface area contributed by atoms with Gasteiger partial charge in [-0.15, -0.1) is 0 Å². The molecule has 9 nitrogen and oxygen atoms in total. The molecule has 2 aromatic carbocycles. The molecule has 2 aliphatic heterocycles. The summed E-state index contributed by atoms with van der Waals surface area (Å²) >= 11 is 0. The maximum Gasteiger partial charge on any atom is 0.246 e. The highest BCUT2D eigenvalue weighted by Crippen LogP contribution is 2.27. The van der Waals surface area contributed by atoms with E-state index in [2.05, 4.69) is 65.0 Å². The van der Waals surface area contributed by atoms with Gasteiger partial charge in [0.05, 0.1) is 25.5 Å². The van der Waals surface area contributed by atoms with Crippen LogP contribution >= 0.6 is 0 Å². The topological polar surface area (TPSA) is 83.1 Å². The number of piperidine rings is 1. The van der Waals surface area contributed by atoms with Crippen LogP contribution in [0, 0.1) is 0 Å². The van der Waals surface area contributed by atoms with Crippen molar-refractivity contribution >= 4 is 23.2 Å². The standard InChI is InChI=1S/C34H42N6O3/c1-4-33(41)40-15-9-11-29(24-40)38(2)16-17-39(3)30-21-26-20-28(23-30)36-34-35-14-13-32(37-34)27-10-8-12-31(22-27)43-19-7-5-6-18-42-25-26/h4-6,8,10,12-14,20-23,29H,1,7,9,11,15-19,24-25H2,2-3H3,(H,35,36,37)/b6-5+. The van der Waals surface area contributed by atoms with Gasteiger partial charge in [-0.1, -0.05) is 30.9 Å². The third-order valence-corrected chi connectivity index (χ3v) is 7.96. The van der Waals surface area contributed by atoms with Crippen LogP contribution in [0.4, 0.5) is 17.3 Å². The summed E-state index contributed by atoms with van der Waals surface area (Å²) in [5.74, 6) is 1.36. The summed E-state index contributed by atoms with van der Waals surface area (Å²) in [7, 11) is 4.26. The number of hydrogen-bond donors (Lipinski definition) is 1. The highest BCUT2D eigenvalue weighted by atomic mass is 16.5. The zero-order valence-corrected chi connectivity index (χ0v) is 25.2. The summed E-state index contributed by atoms with van der Waals surface area (Å²) in [4.78, 5) is 28.0. The highest BCUT2D eigenvalue weighted by molar-refractivity contribution is 5.87. The summed E-state index contributed by atoms with van der Waals surface area (Å²) in [6.07, 6.45) is 10.2. The molecule has 5 rings (SSSR count). The van der Waals surface area contributed by atoms with Crippen molar-refractivity contribution in [2.24, 2.45) is 0 Å². The number of anilines is 3. The van der Waals surface area contributed by atoms with Gasteiger partial charge in [0.25, 0.3) is 0 Å². The number of carbonyl (C=O) groups is 1. The summed E-state index contributed by atoms with van der Waals surface area (Å²) in [6.45, 7) is 8.52. The molecule has 1 N–H and O–H groups in total. The molecule has 0 radical (unpaired) electrons. The molecular weight excluding hydrogens is 540 g/mol. The van der Waals surface area contributed by atoms with Gasteiger partial charge < -0.3 is 24.6 Å². The summed E-state index contributed by atoms with van der Waals surface area (Å²) in [5, 5.41) is 3.42. The van der Waals surface area contributed by atoms with E-state index in [1.807, 2.05) is 41.3 Å². The number of fused-ring (bicyclic) bond motifs is 7. The molecule has 6 bridgehead atoms. The number of benzene rings is 2. The molecule has 0 saturated carbocycles. The van der Waals surface area contributed by atoms with E-state index >= 15 is 0 Å². The number of nitrogens with zero attached hydrogens (tertiary/aromatic N) is 5. The van der Waals surface area contributed by atoms with Gasteiger partial charge in [-0.3, -0.25) is 9.69 Å². The van der Waals surface area contributed by atoms with E-state index in [9.17, 15) is 4.79 Å². The minimum Gasteiger partial charge on any atom is -0.493 e. The minimum atomic E-state index is 0.0186. The van der Waals surface area contributed by atoms with E-state index in [0.717, 1.165) is 79.4 Å². The number of likely N-dealkylation sites (tertiary alicyclic amines) is 1. The van der Waals surface area contributed by atoms with E-state index < -0.39 is 0 Å². The summed E-state index contributed by atoms with van der Waals surface area (Å²) in [6, 6.07) is 16.6. The second-order valence-corrected chi connectivity index (χ2v) is 11.1. The van der Waals surface area contributed by atoms with Crippen LogP contribution in [0.5, 0.6) is 5.75 Å². The molecule has 0 spiro atoms. The molecule has 3 aromatic rings. The van der Waals surface area contributed by atoms with Gasteiger partial charge in [-0.25, -0.2) is 9.97 Å². The predicted molar refractivity (Wildman–Crippen MR) is 172 cm³/mol.